The van der Waals surface area contributed by atoms with Crippen molar-refractivity contribution in [2.45, 2.75) is 18.4 Å². The number of amides is 1. The summed E-state index contributed by atoms with van der Waals surface area (Å²) in [7, 11) is 1.74. The summed E-state index contributed by atoms with van der Waals surface area (Å²) in [4.78, 5) is 27.1. The third-order valence-corrected chi connectivity index (χ3v) is 5.13. The molecule has 2 fully saturated rings. The highest BCUT2D eigenvalue weighted by Gasteiger charge is 2.47. The largest absolute Gasteiger partial charge is 0.480 e. The van der Waals surface area contributed by atoms with Gasteiger partial charge in [-0.05, 0) is 31.0 Å². The van der Waals surface area contributed by atoms with E-state index in [9.17, 15) is 9.59 Å². The van der Waals surface area contributed by atoms with Crippen LogP contribution in [0.3, 0.4) is 0 Å². The van der Waals surface area contributed by atoms with E-state index in [1.807, 2.05) is 29.2 Å². The average Bonchev–Trinajstić information content (AvgIpc) is 3.34. The summed E-state index contributed by atoms with van der Waals surface area (Å²) >= 11 is 6.24. The number of carboxylic acids is 1. The van der Waals surface area contributed by atoms with Crippen LogP contribution >= 0.6 is 11.6 Å². The molecular formula is C18H23ClN2O4. The number of carbonyl (C=O) groups is 2. The molecule has 0 unspecified atom stereocenters. The van der Waals surface area contributed by atoms with Crippen LogP contribution in [0.2, 0.25) is 5.02 Å². The van der Waals surface area contributed by atoms with Gasteiger partial charge in [0.2, 0.25) is 5.91 Å². The molecule has 1 heterocycles. The molecule has 1 aromatic rings. The normalized spacial score (nSPS) is 25.9. The molecule has 1 aliphatic carbocycles. The first-order chi connectivity index (χ1) is 12.0. The SMILES string of the molecule is CN(CC(=O)O)C[C@@H]1CN(C(=O)[C@@H]2C[C@@H]2c2ccccc2Cl)CCO1. The van der Waals surface area contributed by atoms with E-state index in [2.05, 4.69) is 0 Å². The topological polar surface area (TPSA) is 70.1 Å². The van der Waals surface area contributed by atoms with E-state index in [1.54, 1.807) is 11.9 Å². The van der Waals surface area contributed by atoms with Gasteiger partial charge >= 0.3 is 5.97 Å². The Labute approximate surface area is 152 Å². The number of carboxylic acid groups (broad SMARTS) is 1. The molecule has 0 radical (unpaired) electrons. The van der Waals surface area contributed by atoms with Crippen LogP contribution in [0.1, 0.15) is 17.9 Å². The number of hydrogen-bond donors (Lipinski definition) is 1. The Morgan fingerprint density at radius 2 is 2.16 bits per heavy atom. The molecule has 6 nitrogen and oxygen atoms in total. The predicted molar refractivity (Wildman–Crippen MR) is 93.8 cm³/mol. The van der Waals surface area contributed by atoms with Gasteiger partial charge in [0.25, 0.3) is 0 Å². The molecular weight excluding hydrogens is 344 g/mol. The first-order valence-corrected chi connectivity index (χ1v) is 8.88. The Morgan fingerprint density at radius 1 is 1.40 bits per heavy atom. The molecule has 3 atom stereocenters. The number of ether oxygens (including phenoxy) is 1. The van der Waals surface area contributed by atoms with Crippen LogP contribution in [0.4, 0.5) is 0 Å². The van der Waals surface area contributed by atoms with E-state index in [4.69, 9.17) is 21.4 Å². The minimum Gasteiger partial charge on any atom is -0.480 e. The summed E-state index contributed by atoms with van der Waals surface area (Å²) in [6.07, 6.45) is 0.684. The molecule has 1 saturated heterocycles. The fraction of sp³-hybridized carbons (Fsp3) is 0.556. The van der Waals surface area contributed by atoms with Crippen LogP contribution < -0.4 is 0 Å². The minimum absolute atomic E-state index is 0.00426. The molecule has 3 rings (SSSR count). The number of likely N-dealkylation sites (N-methyl/N-ethyl adjacent to an activating group) is 1. The number of halogens is 1. The number of hydrogen-bond acceptors (Lipinski definition) is 4. The molecule has 7 heteroatoms. The number of morpholine rings is 1. The maximum atomic E-state index is 12.8. The summed E-state index contributed by atoms with van der Waals surface area (Å²) < 4.78 is 5.69. The Balaban J connectivity index is 1.54. The second kappa shape index (κ2) is 7.72. The molecule has 0 spiro atoms. The first kappa shape index (κ1) is 18.2. The molecule has 1 aliphatic heterocycles. The lowest BCUT2D eigenvalue weighted by Gasteiger charge is -2.34. The standard InChI is InChI=1S/C18H23ClN2O4/c1-20(11-17(22)23)9-12-10-21(6-7-25-12)18(24)15-8-14(15)13-4-2-3-5-16(13)19/h2-5,12,14-15H,6-11H2,1H3,(H,22,23)/t12-,14-,15-/m1/s1. The van der Waals surface area contributed by atoms with Crippen molar-refractivity contribution in [2.75, 3.05) is 39.8 Å². The maximum Gasteiger partial charge on any atom is 0.317 e. The summed E-state index contributed by atoms with van der Waals surface area (Å²) in [5.74, 6) is -0.515. The van der Waals surface area contributed by atoms with Gasteiger partial charge in [0.15, 0.2) is 0 Å². The highest BCUT2D eigenvalue weighted by atomic mass is 35.5. The molecule has 0 aromatic heterocycles. The van der Waals surface area contributed by atoms with Crippen LogP contribution in [0.15, 0.2) is 24.3 Å². The van der Waals surface area contributed by atoms with E-state index in [0.29, 0.717) is 26.2 Å². The molecule has 1 N–H and O–H groups in total. The summed E-state index contributed by atoms with van der Waals surface area (Å²) in [6.45, 7) is 2.04. The molecule has 1 amide bonds. The lowest BCUT2D eigenvalue weighted by Crippen LogP contribution is -2.50. The summed E-state index contributed by atoms with van der Waals surface area (Å²) in [5.41, 5.74) is 1.05. The zero-order valence-corrected chi connectivity index (χ0v) is 15.0. The number of carbonyl (C=O) groups excluding carboxylic acids is 1. The van der Waals surface area contributed by atoms with Gasteiger partial charge in [0.1, 0.15) is 0 Å². The van der Waals surface area contributed by atoms with E-state index in [1.165, 1.54) is 0 Å². The van der Waals surface area contributed by atoms with Gasteiger partial charge in [-0.3, -0.25) is 14.5 Å². The second-order valence-corrected chi connectivity index (χ2v) is 7.24. The van der Waals surface area contributed by atoms with Crippen LogP contribution in [0.5, 0.6) is 0 Å². The highest BCUT2D eigenvalue weighted by Crippen LogP contribution is 2.50. The van der Waals surface area contributed by atoms with Crippen molar-refractivity contribution in [3.05, 3.63) is 34.9 Å². The fourth-order valence-electron chi connectivity index (χ4n) is 3.50. The zero-order valence-electron chi connectivity index (χ0n) is 14.2. The smallest absolute Gasteiger partial charge is 0.317 e. The number of benzene rings is 1. The van der Waals surface area contributed by atoms with Crippen molar-refractivity contribution in [2.24, 2.45) is 5.92 Å². The van der Waals surface area contributed by atoms with Crippen molar-refractivity contribution >= 4 is 23.5 Å². The van der Waals surface area contributed by atoms with Crippen molar-refractivity contribution in [3.63, 3.8) is 0 Å². The Morgan fingerprint density at radius 3 is 2.88 bits per heavy atom. The van der Waals surface area contributed by atoms with E-state index in [-0.39, 0.29) is 30.4 Å². The Bertz CT molecular complexity index is 654. The van der Waals surface area contributed by atoms with Crippen LogP contribution in [-0.2, 0) is 14.3 Å². The summed E-state index contributed by atoms with van der Waals surface area (Å²) in [5, 5.41) is 9.56. The van der Waals surface area contributed by atoms with Crippen molar-refractivity contribution in [1.82, 2.24) is 9.80 Å². The van der Waals surface area contributed by atoms with Gasteiger partial charge in [-0.25, -0.2) is 0 Å². The number of nitrogens with zero attached hydrogens (tertiary/aromatic N) is 2. The van der Waals surface area contributed by atoms with Gasteiger partial charge in [-0.1, -0.05) is 29.8 Å². The average molecular weight is 367 g/mol. The van der Waals surface area contributed by atoms with Gasteiger partial charge < -0.3 is 14.7 Å². The predicted octanol–water partition coefficient (Wildman–Crippen LogP) is 1.69. The molecule has 1 aromatic carbocycles. The van der Waals surface area contributed by atoms with E-state index in [0.717, 1.165) is 17.0 Å². The molecule has 1 saturated carbocycles. The molecule has 25 heavy (non-hydrogen) atoms. The molecule has 2 aliphatic rings. The van der Waals surface area contributed by atoms with Crippen molar-refractivity contribution < 1.29 is 19.4 Å². The Kier molecular flexibility index (Phi) is 5.61. The van der Waals surface area contributed by atoms with Crippen LogP contribution in [0.25, 0.3) is 0 Å². The summed E-state index contributed by atoms with van der Waals surface area (Å²) in [6, 6.07) is 7.69. The second-order valence-electron chi connectivity index (χ2n) is 6.84. The number of aliphatic carboxylic acids is 1. The van der Waals surface area contributed by atoms with Gasteiger partial charge in [0.05, 0.1) is 19.3 Å². The third-order valence-electron chi connectivity index (χ3n) is 4.78. The van der Waals surface area contributed by atoms with Gasteiger partial charge in [-0.15, -0.1) is 0 Å². The first-order valence-electron chi connectivity index (χ1n) is 8.51. The van der Waals surface area contributed by atoms with Gasteiger partial charge in [-0.2, -0.15) is 0 Å². The fourth-order valence-corrected chi connectivity index (χ4v) is 3.77. The third kappa shape index (κ3) is 4.51. The number of rotatable bonds is 6. The molecule has 0 bridgehead atoms. The monoisotopic (exact) mass is 366 g/mol. The molecule has 136 valence electrons. The lowest BCUT2D eigenvalue weighted by atomic mass is 10.1. The van der Waals surface area contributed by atoms with Crippen molar-refractivity contribution in [1.29, 1.82) is 0 Å². The van der Waals surface area contributed by atoms with E-state index >= 15 is 0 Å². The maximum absolute atomic E-state index is 12.8. The Hall–Kier alpha value is -1.63. The van der Waals surface area contributed by atoms with Crippen LogP contribution in [0, 0.1) is 5.92 Å². The lowest BCUT2D eigenvalue weighted by molar-refractivity contribution is -0.143. The highest BCUT2D eigenvalue weighted by molar-refractivity contribution is 6.31. The minimum atomic E-state index is -0.869. The quantitative estimate of drug-likeness (QED) is 0.829. The van der Waals surface area contributed by atoms with E-state index < -0.39 is 5.97 Å². The van der Waals surface area contributed by atoms with Gasteiger partial charge in [0, 0.05) is 30.6 Å². The van der Waals surface area contributed by atoms with Crippen molar-refractivity contribution in [3.8, 4) is 0 Å². The zero-order chi connectivity index (χ0) is 18.0. The van der Waals surface area contributed by atoms with Crippen LogP contribution in [-0.4, -0.2) is 72.7 Å².